The molecular weight excluding hydrogens is 326 g/mol. The third-order valence-corrected chi connectivity index (χ3v) is 4.36. The van der Waals surface area contributed by atoms with Gasteiger partial charge in [0.15, 0.2) is 0 Å². The van der Waals surface area contributed by atoms with Crippen LogP contribution in [-0.4, -0.2) is 18.4 Å². The zero-order chi connectivity index (χ0) is 19.1. The van der Waals surface area contributed by atoms with Crippen LogP contribution in [0.1, 0.15) is 48.3 Å². The Morgan fingerprint density at radius 3 is 2.27 bits per heavy atom. The van der Waals surface area contributed by atoms with Crippen molar-refractivity contribution < 1.29 is 9.59 Å². The maximum absolute atomic E-state index is 12.3. The predicted molar refractivity (Wildman–Crippen MR) is 105 cm³/mol. The average molecular weight is 353 g/mol. The number of para-hydroxylation sites is 1. The summed E-state index contributed by atoms with van der Waals surface area (Å²) in [4.78, 5) is 23.8. The first-order valence-electron chi connectivity index (χ1n) is 8.93. The van der Waals surface area contributed by atoms with Crippen LogP contribution < -0.4 is 16.4 Å². The van der Waals surface area contributed by atoms with E-state index in [4.69, 9.17) is 5.73 Å². The van der Waals surface area contributed by atoms with E-state index in [2.05, 4.69) is 55.7 Å². The third-order valence-electron chi connectivity index (χ3n) is 4.36. The van der Waals surface area contributed by atoms with Crippen LogP contribution in [-0.2, 0) is 11.2 Å². The van der Waals surface area contributed by atoms with Crippen LogP contribution in [0.3, 0.4) is 0 Å². The molecule has 0 unspecified atom stereocenters. The molecule has 5 heteroatoms. The van der Waals surface area contributed by atoms with E-state index in [0.717, 1.165) is 12.0 Å². The molecule has 5 nitrogen and oxygen atoms in total. The number of nitrogens with one attached hydrogen (secondary N) is 2. The van der Waals surface area contributed by atoms with Crippen molar-refractivity contribution in [3.8, 4) is 0 Å². The summed E-state index contributed by atoms with van der Waals surface area (Å²) in [7, 11) is 0. The lowest BCUT2D eigenvalue weighted by Crippen LogP contribution is -2.34. The van der Waals surface area contributed by atoms with Gasteiger partial charge in [0.25, 0.3) is 5.91 Å². The highest BCUT2D eigenvalue weighted by atomic mass is 16.2. The fraction of sp³-hybridized carbons (Fsp3) is 0.333. The van der Waals surface area contributed by atoms with Crippen LogP contribution in [0, 0.1) is 5.92 Å². The molecule has 0 saturated heterocycles. The topological polar surface area (TPSA) is 84.2 Å². The SMILES string of the molecule is CCc1ccc([C@@H](NCC(=O)Nc2ccccc2C(N)=O)C(C)C)cc1. The standard InChI is InChI=1S/C21H27N3O2/c1-4-15-9-11-16(12-10-15)20(14(2)3)23-13-19(25)24-18-8-6-5-7-17(18)21(22)26/h5-12,14,20,23H,4,13H2,1-3H3,(H2,22,26)(H,24,25)/t20-/m0/s1. The average Bonchev–Trinajstić information content (AvgIpc) is 2.62. The molecule has 0 spiro atoms. The Morgan fingerprint density at radius 2 is 1.69 bits per heavy atom. The van der Waals surface area contributed by atoms with Gasteiger partial charge >= 0.3 is 0 Å². The molecule has 0 aliphatic rings. The quantitative estimate of drug-likeness (QED) is 0.681. The van der Waals surface area contributed by atoms with Crippen molar-refractivity contribution >= 4 is 17.5 Å². The van der Waals surface area contributed by atoms with Gasteiger partial charge in [-0.15, -0.1) is 0 Å². The highest BCUT2D eigenvalue weighted by molar-refractivity contribution is 6.03. The van der Waals surface area contributed by atoms with Gasteiger partial charge in [-0.05, 0) is 35.6 Å². The fourth-order valence-electron chi connectivity index (χ4n) is 2.90. The Hall–Kier alpha value is -2.66. The molecule has 0 radical (unpaired) electrons. The second kappa shape index (κ2) is 9.15. The van der Waals surface area contributed by atoms with E-state index in [1.54, 1.807) is 24.3 Å². The zero-order valence-electron chi connectivity index (χ0n) is 15.6. The summed E-state index contributed by atoms with van der Waals surface area (Å²) in [5.74, 6) is -0.451. The highest BCUT2D eigenvalue weighted by Crippen LogP contribution is 2.22. The molecule has 0 fully saturated rings. The third kappa shape index (κ3) is 5.17. The van der Waals surface area contributed by atoms with Gasteiger partial charge in [0.1, 0.15) is 0 Å². The summed E-state index contributed by atoms with van der Waals surface area (Å²) in [6, 6.07) is 15.3. The van der Waals surface area contributed by atoms with Gasteiger partial charge in [-0.3, -0.25) is 9.59 Å². The monoisotopic (exact) mass is 353 g/mol. The molecule has 0 saturated carbocycles. The molecule has 0 aliphatic heterocycles. The van der Waals surface area contributed by atoms with Crippen LogP contribution in [0.5, 0.6) is 0 Å². The highest BCUT2D eigenvalue weighted by Gasteiger charge is 2.17. The van der Waals surface area contributed by atoms with E-state index >= 15 is 0 Å². The molecule has 4 N–H and O–H groups in total. The molecule has 2 aromatic carbocycles. The minimum atomic E-state index is -0.565. The Bertz CT molecular complexity index is 754. The van der Waals surface area contributed by atoms with Crippen molar-refractivity contribution in [2.24, 2.45) is 11.7 Å². The lowest BCUT2D eigenvalue weighted by atomic mass is 9.95. The van der Waals surface area contributed by atoms with Crippen molar-refractivity contribution in [3.05, 3.63) is 65.2 Å². The number of nitrogens with two attached hydrogens (primary N) is 1. The van der Waals surface area contributed by atoms with Gasteiger partial charge in [0.05, 0.1) is 17.8 Å². The molecule has 2 aromatic rings. The van der Waals surface area contributed by atoms with E-state index in [1.165, 1.54) is 5.56 Å². The van der Waals surface area contributed by atoms with Crippen LogP contribution in [0.25, 0.3) is 0 Å². The smallest absolute Gasteiger partial charge is 0.250 e. The Labute approximate surface area is 155 Å². The number of rotatable bonds is 8. The van der Waals surface area contributed by atoms with Gasteiger partial charge in [-0.1, -0.05) is 57.2 Å². The van der Waals surface area contributed by atoms with Crippen LogP contribution >= 0.6 is 0 Å². The number of amides is 2. The first kappa shape index (κ1) is 19.7. The molecular formula is C21H27N3O2. The molecule has 0 heterocycles. The maximum atomic E-state index is 12.3. The molecule has 0 aliphatic carbocycles. The number of carbonyl (C=O) groups excluding carboxylic acids is 2. The minimum Gasteiger partial charge on any atom is -0.366 e. The molecule has 2 amide bonds. The normalized spacial score (nSPS) is 12.0. The van der Waals surface area contributed by atoms with Crippen molar-refractivity contribution in [1.82, 2.24) is 5.32 Å². The lowest BCUT2D eigenvalue weighted by Gasteiger charge is -2.23. The second-order valence-corrected chi connectivity index (χ2v) is 6.66. The first-order chi connectivity index (χ1) is 12.4. The van der Waals surface area contributed by atoms with Crippen LogP contribution in [0.15, 0.2) is 48.5 Å². The van der Waals surface area contributed by atoms with Gasteiger partial charge in [0.2, 0.25) is 5.91 Å². The second-order valence-electron chi connectivity index (χ2n) is 6.66. The van der Waals surface area contributed by atoms with Crippen molar-refractivity contribution in [2.75, 3.05) is 11.9 Å². The van der Waals surface area contributed by atoms with Gasteiger partial charge in [-0.25, -0.2) is 0 Å². The van der Waals surface area contributed by atoms with Crippen LogP contribution in [0.4, 0.5) is 5.69 Å². The number of anilines is 1. The largest absolute Gasteiger partial charge is 0.366 e. The van der Waals surface area contributed by atoms with Gasteiger partial charge in [-0.2, -0.15) is 0 Å². The number of aryl methyl sites for hydroxylation is 1. The summed E-state index contributed by atoms with van der Waals surface area (Å²) >= 11 is 0. The van der Waals surface area contributed by atoms with E-state index in [9.17, 15) is 9.59 Å². The molecule has 2 rings (SSSR count). The van der Waals surface area contributed by atoms with Gasteiger partial charge in [0, 0.05) is 6.04 Å². The summed E-state index contributed by atoms with van der Waals surface area (Å²) < 4.78 is 0. The number of benzene rings is 2. The van der Waals surface area contributed by atoms with E-state index in [1.807, 2.05) is 0 Å². The summed E-state index contributed by atoms with van der Waals surface area (Å²) in [6.45, 7) is 6.50. The summed E-state index contributed by atoms with van der Waals surface area (Å²) in [6.07, 6.45) is 1.00. The minimum absolute atomic E-state index is 0.0676. The zero-order valence-corrected chi connectivity index (χ0v) is 15.6. The van der Waals surface area contributed by atoms with Gasteiger partial charge < -0.3 is 16.4 Å². The fourth-order valence-corrected chi connectivity index (χ4v) is 2.90. The van der Waals surface area contributed by atoms with Crippen molar-refractivity contribution in [1.29, 1.82) is 0 Å². The van der Waals surface area contributed by atoms with E-state index in [0.29, 0.717) is 17.2 Å². The number of carbonyl (C=O) groups is 2. The van der Waals surface area contributed by atoms with E-state index < -0.39 is 5.91 Å². The molecule has 0 bridgehead atoms. The molecule has 0 aromatic heterocycles. The predicted octanol–water partition coefficient (Wildman–Crippen LogP) is 3.27. The Balaban J connectivity index is 2.02. The Morgan fingerprint density at radius 1 is 1.04 bits per heavy atom. The molecule has 138 valence electrons. The Kier molecular flexibility index (Phi) is 6.92. The van der Waals surface area contributed by atoms with Crippen molar-refractivity contribution in [3.63, 3.8) is 0 Å². The summed E-state index contributed by atoms with van der Waals surface area (Å²) in [5.41, 5.74) is 8.52. The first-order valence-corrected chi connectivity index (χ1v) is 8.93. The maximum Gasteiger partial charge on any atom is 0.250 e. The number of primary amides is 1. The van der Waals surface area contributed by atoms with E-state index in [-0.39, 0.29) is 18.5 Å². The van der Waals surface area contributed by atoms with Crippen LogP contribution in [0.2, 0.25) is 0 Å². The number of hydrogen-bond donors (Lipinski definition) is 3. The number of hydrogen-bond acceptors (Lipinski definition) is 3. The lowest BCUT2D eigenvalue weighted by molar-refractivity contribution is -0.115. The molecule has 1 atom stereocenters. The summed E-state index contributed by atoms with van der Waals surface area (Å²) in [5, 5.41) is 6.07. The van der Waals surface area contributed by atoms with Crippen molar-refractivity contribution in [2.45, 2.75) is 33.2 Å². The molecule has 26 heavy (non-hydrogen) atoms.